The first-order chi connectivity index (χ1) is 16.5. The quantitative estimate of drug-likeness (QED) is 0.335. The van der Waals surface area contributed by atoms with Gasteiger partial charge in [-0.15, -0.1) is 11.8 Å². The summed E-state index contributed by atoms with van der Waals surface area (Å²) in [5, 5.41) is 7.76. The standard InChI is InChI=1S/C28H36N4OS/c1-19(2)34-24-8-5-6-21(16-24)30-28(33)31-22-10-12-27-25(17-22)26(18-29-27)20-9-11-23-7-3-4-14-32(23)15-13-20/h5-6,8,10,12,16-20,23,29H,3-4,7,9,11,13-15H2,1-2H3,(H2,30,31,33). The van der Waals surface area contributed by atoms with Crippen molar-refractivity contribution in [2.45, 2.75) is 74.5 Å². The average Bonchev–Trinajstić information content (AvgIpc) is 3.10. The fourth-order valence-electron chi connectivity index (χ4n) is 5.62. The van der Waals surface area contributed by atoms with Gasteiger partial charge in [-0.3, -0.25) is 0 Å². The van der Waals surface area contributed by atoms with Crippen molar-refractivity contribution in [1.29, 1.82) is 0 Å². The van der Waals surface area contributed by atoms with Gasteiger partial charge in [0.25, 0.3) is 0 Å². The lowest BCUT2D eigenvalue weighted by molar-refractivity contribution is 0.151. The van der Waals surface area contributed by atoms with Crippen molar-refractivity contribution in [1.82, 2.24) is 9.88 Å². The van der Waals surface area contributed by atoms with Crippen molar-refractivity contribution in [2.24, 2.45) is 0 Å². The van der Waals surface area contributed by atoms with E-state index in [4.69, 9.17) is 0 Å². The molecule has 2 saturated heterocycles. The van der Waals surface area contributed by atoms with E-state index in [2.05, 4.69) is 58.8 Å². The van der Waals surface area contributed by atoms with Crippen LogP contribution in [0.5, 0.6) is 0 Å². The molecule has 0 aliphatic carbocycles. The molecule has 0 bridgehead atoms. The Labute approximate surface area is 207 Å². The van der Waals surface area contributed by atoms with Crippen LogP contribution in [0.4, 0.5) is 16.2 Å². The maximum absolute atomic E-state index is 12.7. The fourth-order valence-corrected chi connectivity index (χ4v) is 6.52. The Balaban J connectivity index is 1.28. The summed E-state index contributed by atoms with van der Waals surface area (Å²) in [6, 6.07) is 14.8. The SMILES string of the molecule is CC(C)Sc1cccc(NC(=O)Nc2ccc3[nH]cc(C4CCC5CCCCN5CC4)c3c2)c1. The lowest BCUT2D eigenvalue weighted by atomic mass is 9.90. The molecule has 3 N–H and O–H groups in total. The number of thioether (sulfide) groups is 1. The molecule has 0 radical (unpaired) electrons. The van der Waals surface area contributed by atoms with Gasteiger partial charge in [-0.05, 0) is 93.1 Å². The largest absolute Gasteiger partial charge is 0.361 e. The molecule has 2 fully saturated rings. The summed E-state index contributed by atoms with van der Waals surface area (Å²) in [4.78, 5) is 20.1. The Morgan fingerprint density at radius 2 is 1.85 bits per heavy atom. The van der Waals surface area contributed by atoms with Crippen molar-refractivity contribution in [3.63, 3.8) is 0 Å². The van der Waals surface area contributed by atoms with Crippen molar-refractivity contribution < 1.29 is 4.79 Å². The fraction of sp³-hybridized carbons (Fsp3) is 0.464. The Bertz CT molecular complexity index is 1120. The third-order valence-corrected chi connectivity index (χ3v) is 8.23. The zero-order valence-corrected chi connectivity index (χ0v) is 21.1. The van der Waals surface area contributed by atoms with Crippen molar-refractivity contribution in [3.8, 4) is 0 Å². The van der Waals surface area contributed by atoms with Gasteiger partial charge in [0, 0.05) is 44.7 Å². The molecule has 1 aromatic heterocycles. The molecular weight excluding hydrogens is 440 g/mol. The van der Waals surface area contributed by atoms with E-state index < -0.39 is 0 Å². The van der Waals surface area contributed by atoms with Crippen LogP contribution >= 0.6 is 11.8 Å². The first-order valence-corrected chi connectivity index (χ1v) is 13.6. The summed E-state index contributed by atoms with van der Waals surface area (Å²) in [5.41, 5.74) is 4.17. The molecule has 0 saturated carbocycles. The van der Waals surface area contributed by atoms with Crippen LogP contribution in [0.3, 0.4) is 0 Å². The van der Waals surface area contributed by atoms with Crippen LogP contribution in [0.1, 0.15) is 63.9 Å². The molecule has 2 aliphatic rings. The lowest BCUT2D eigenvalue weighted by Crippen LogP contribution is -2.38. The molecule has 2 atom stereocenters. The predicted octanol–water partition coefficient (Wildman–Crippen LogP) is 7.43. The summed E-state index contributed by atoms with van der Waals surface area (Å²) in [6.45, 7) is 6.81. The second kappa shape index (κ2) is 10.4. The number of nitrogens with zero attached hydrogens (tertiary/aromatic N) is 1. The molecular formula is C28H36N4OS. The molecule has 5 nitrogen and oxygen atoms in total. The summed E-state index contributed by atoms with van der Waals surface area (Å²) in [6.07, 6.45) is 10.1. The van der Waals surface area contributed by atoms with Gasteiger partial charge in [0.2, 0.25) is 0 Å². The van der Waals surface area contributed by atoms with Gasteiger partial charge in [-0.2, -0.15) is 0 Å². The Morgan fingerprint density at radius 3 is 2.71 bits per heavy atom. The van der Waals surface area contributed by atoms with Gasteiger partial charge < -0.3 is 20.5 Å². The molecule has 2 unspecified atom stereocenters. The first kappa shape index (κ1) is 23.3. The molecule has 0 spiro atoms. The molecule has 3 aromatic rings. The first-order valence-electron chi connectivity index (χ1n) is 12.7. The van der Waals surface area contributed by atoms with Gasteiger partial charge in [0.15, 0.2) is 0 Å². The third kappa shape index (κ3) is 5.44. The van der Waals surface area contributed by atoms with E-state index in [9.17, 15) is 4.79 Å². The number of amides is 2. The highest BCUT2D eigenvalue weighted by molar-refractivity contribution is 7.99. The van der Waals surface area contributed by atoms with E-state index in [1.165, 1.54) is 62.6 Å². The molecule has 2 amide bonds. The highest BCUT2D eigenvalue weighted by atomic mass is 32.2. The van der Waals surface area contributed by atoms with Crippen LogP contribution in [0.2, 0.25) is 0 Å². The number of benzene rings is 2. The van der Waals surface area contributed by atoms with Gasteiger partial charge in [-0.1, -0.05) is 26.3 Å². The van der Waals surface area contributed by atoms with Gasteiger partial charge in [-0.25, -0.2) is 4.79 Å². The van der Waals surface area contributed by atoms with Gasteiger partial charge in [0.1, 0.15) is 0 Å². The van der Waals surface area contributed by atoms with Crippen LogP contribution in [0.15, 0.2) is 53.6 Å². The van der Waals surface area contributed by atoms with E-state index in [-0.39, 0.29) is 6.03 Å². The van der Waals surface area contributed by atoms with Crippen LogP contribution in [-0.2, 0) is 0 Å². The summed E-state index contributed by atoms with van der Waals surface area (Å²) in [5.74, 6) is 0.574. The number of H-pyrrole nitrogens is 1. The van der Waals surface area contributed by atoms with E-state index >= 15 is 0 Å². The maximum Gasteiger partial charge on any atom is 0.323 e. The Kier molecular flexibility index (Phi) is 7.16. The van der Waals surface area contributed by atoms with E-state index in [0.29, 0.717) is 11.2 Å². The Hall–Kier alpha value is -2.44. The van der Waals surface area contributed by atoms with Crippen LogP contribution in [0, 0.1) is 0 Å². The van der Waals surface area contributed by atoms with Crippen molar-refractivity contribution in [3.05, 3.63) is 54.2 Å². The number of hydrogen-bond acceptors (Lipinski definition) is 3. The van der Waals surface area contributed by atoms with Gasteiger partial charge >= 0.3 is 6.03 Å². The smallest absolute Gasteiger partial charge is 0.323 e. The number of piperidine rings is 1. The number of urea groups is 1. The minimum atomic E-state index is -0.213. The topological polar surface area (TPSA) is 60.2 Å². The zero-order chi connectivity index (χ0) is 23.5. The predicted molar refractivity (Wildman–Crippen MR) is 144 cm³/mol. The lowest BCUT2D eigenvalue weighted by Gasteiger charge is -2.33. The van der Waals surface area contributed by atoms with Crippen LogP contribution < -0.4 is 10.6 Å². The summed E-state index contributed by atoms with van der Waals surface area (Å²) in [7, 11) is 0. The van der Waals surface area contributed by atoms with E-state index in [0.717, 1.165) is 27.8 Å². The van der Waals surface area contributed by atoms with Crippen LogP contribution in [-0.4, -0.2) is 40.3 Å². The molecule has 2 aromatic carbocycles. The van der Waals surface area contributed by atoms with Gasteiger partial charge in [0.05, 0.1) is 0 Å². The number of anilines is 2. The number of carbonyl (C=O) groups excluding carboxylic acids is 1. The monoisotopic (exact) mass is 476 g/mol. The van der Waals surface area contributed by atoms with Crippen molar-refractivity contribution >= 4 is 40.1 Å². The number of aromatic nitrogens is 1. The van der Waals surface area contributed by atoms with Crippen LogP contribution in [0.25, 0.3) is 10.9 Å². The molecule has 180 valence electrons. The minimum Gasteiger partial charge on any atom is -0.361 e. The highest BCUT2D eigenvalue weighted by Crippen LogP contribution is 2.37. The number of fused-ring (bicyclic) bond motifs is 2. The molecule has 3 heterocycles. The average molecular weight is 477 g/mol. The summed E-state index contributed by atoms with van der Waals surface area (Å²) < 4.78 is 0. The molecule has 34 heavy (non-hydrogen) atoms. The van der Waals surface area contributed by atoms with Crippen molar-refractivity contribution in [2.75, 3.05) is 23.7 Å². The molecule has 2 aliphatic heterocycles. The maximum atomic E-state index is 12.7. The summed E-state index contributed by atoms with van der Waals surface area (Å²) >= 11 is 1.79. The number of rotatable bonds is 5. The molecule has 5 rings (SSSR count). The number of aromatic amines is 1. The minimum absolute atomic E-state index is 0.213. The zero-order valence-electron chi connectivity index (χ0n) is 20.3. The highest BCUT2D eigenvalue weighted by Gasteiger charge is 2.28. The normalized spacial score (nSPS) is 21.3. The van der Waals surface area contributed by atoms with E-state index in [1.54, 1.807) is 11.8 Å². The number of hydrogen-bond donors (Lipinski definition) is 3. The Morgan fingerprint density at radius 1 is 1.00 bits per heavy atom. The number of nitrogens with one attached hydrogen (secondary N) is 3. The number of carbonyl (C=O) groups is 1. The second-order valence-electron chi connectivity index (χ2n) is 10.0. The van der Waals surface area contributed by atoms with E-state index in [1.807, 2.05) is 24.3 Å². The third-order valence-electron chi connectivity index (χ3n) is 7.24. The molecule has 6 heteroatoms. The second-order valence-corrected chi connectivity index (χ2v) is 11.7.